The Labute approximate surface area is 353 Å². The molecule has 8 heterocycles. The number of pyridine rings is 3. The number of piperazine rings is 2. The van der Waals surface area contributed by atoms with Crippen molar-refractivity contribution in [2.45, 2.75) is 0 Å². The fourth-order valence-corrected chi connectivity index (χ4v) is 9.08. The van der Waals surface area contributed by atoms with Crippen molar-refractivity contribution in [3.8, 4) is 39.4 Å². The number of hydrogen-bond acceptors (Lipinski definition) is 12. The summed E-state index contributed by atoms with van der Waals surface area (Å²) in [6, 6.07) is 22.6. The SMILES string of the molecule is Cn1cc(-c2ccc3cnn(-c4ccnc(N5CCN(CCOc6cc(-c7cccnc7)cc7c6cnn7-c6ccnc(N7CCN(S(C)(=O)=O)CC7)c6)CC5)c4)c3c2)cn1. The van der Waals surface area contributed by atoms with Crippen LogP contribution in [0.2, 0.25) is 0 Å². The smallest absolute Gasteiger partial charge is 0.211 e. The van der Waals surface area contributed by atoms with Crippen molar-refractivity contribution < 1.29 is 13.2 Å². The molecule has 0 saturated carbocycles. The Hall–Kier alpha value is -6.69. The maximum atomic E-state index is 12.1. The maximum Gasteiger partial charge on any atom is 0.211 e. The number of fused-ring (bicyclic) bond motifs is 2. The van der Waals surface area contributed by atoms with E-state index in [0.717, 1.165) is 106 Å². The maximum absolute atomic E-state index is 12.1. The van der Waals surface area contributed by atoms with Crippen LogP contribution in [-0.4, -0.2) is 134 Å². The van der Waals surface area contributed by atoms with E-state index in [9.17, 15) is 8.42 Å². The highest BCUT2D eigenvalue weighted by atomic mass is 32.2. The lowest BCUT2D eigenvalue weighted by molar-refractivity contribution is 0.201. The van der Waals surface area contributed by atoms with E-state index in [2.05, 4.69) is 66.2 Å². The van der Waals surface area contributed by atoms with Crippen LogP contribution in [0.3, 0.4) is 0 Å². The predicted octanol–water partition coefficient (Wildman–Crippen LogP) is 4.90. The summed E-state index contributed by atoms with van der Waals surface area (Å²) < 4.78 is 38.0. The average molecular weight is 836 g/mol. The molecular weight excluding hydrogens is 791 g/mol. The van der Waals surface area contributed by atoms with Crippen LogP contribution in [0.5, 0.6) is 5.75 Å². The monoisotopic (exact) mass is 835 g/mol. The zero-order valence-corrected chi connectivity index (χ0v) is 34.8. The van der Waals surface area contributed by atoms with E-state index in [1.54, 1.807) is 12.4 Å². The van der Waals surface area contributed by atoms with Crippen molar-refractivity contribution in [2.75, 3.05) is 81.6 Å². The third-order valence-electron chi connectivity index (χ3n) is 11.6. The van der Waals surface area contributed by atoms with Crippen LogP contribution in [0, 0.1) is 0 Å². The van der Waals surface area contributed by atoms with Crippen molar-refractivity contribution >= 4 is 43.5 Å². The summed E-state index contributed by atoms with van der Waals surface area (Å²) in [6.45, 7) is 6.69. The van der Waals surface area contributed by atoms with Gasteiger partial charge < -0.3 is 14.5 Å². The lowest BCUT2D eigenvalue weighted by atomic mass is 10.1. The molecule has 0 bridgehead atoms. The lowest BCUT2D eigenvalue weighted by Crippen LogP contribution is -2.48. The Morgan fingerprint density at radius 2 is 1.33 bits per heavy atom. The summed E-state index contributed by atoms with van der Waals surface area (Å²) in [5.74, 6) is 2.47. The average Bonchev–Trinajstić information content (AvgIpc) is 4.05. The summed E-state index contributed by atoms with van der Waals surface area (Å²) in [4.78, 5) is 20.7. The Balaban J connectivity index is 0.822. The molecule has 0 aliphatic carbocycles. The van der Waals surface area contributed by atoms with E-state index >= 15 is 0 Å². The van der Waals surface area contributed by atoms with Gasteiger partial charge in [0.1, 0.15) is 24.0 Å². The highest BCUT2D eigenvalue weighted by molar-refractivity contribution is 7.88. The standard InChI is InChI=1S/C44H45N13O3S/c1-51-31-36(29-48-51)32-5-6-34-28-49-56(40(34)22-32)37-7-10-46-43(25-37)53-14-12-52(13-15-53)20-21-60-42-24-35(33-4-3-9-45-27-33)23-41-39(42)30-50-57(41)38-8-11-47-44(26-38)54-16-18-55(19-17-54)61(2,58)59/h3-11,22-31H,12-21H2,1-2H3. The highest BCUT2D eigenvalue weighted by Gasteiger charge is 2.25. The van der Waals surface area contributed by atoms with Crippen molar-refractivity contribution in [3.05, 3.63) is 116 Å². The molecule has 0 spiro atoms. The molecule has 16 nitrogen and oxygen atoms in total. The number of rotatable bonds is 11. The van der Waals surface area contributed by atoms with Gasteiger partial charge in [0.2, 0.25) is 10.0 Å². The summed E-state index contributed by atoms with van der Waals surface area (Å²) >= 11 is 0. The van der Waals surface area contributed by atoms with E-state index in [1.165, 1.54) is 10.6 Å². The Morgan fingerprint density at radius 3 is 2.00 bits per heavy atom. The fraction of sp³-hybridized carbons (Fsp3) is 0.273. The number of aromatic nitrogens is 9. The third-order valence-corrected chi connectivity index (χ3v) is 12.9. The first-order valence-corrected chi connectivity index (χ1v) is 22.2. The number of aryl methyl sites for hydroxylation is 1. The van der Waals surface area contributed by atoms with E-state index in [4.69, 9.17) is 19.9 Å². The molecule has 2 fully saturated rings. The first kappa shape index (κ1) is 38.5. The van der Waals surface area contributed by atoms with Gasteiger partial charge in [-0.3, -0.25) is 14.6 Å². The van der Waals surface area contributed by atoms with Crippen molar-refractivity contribution in [2.24, 2.45) is 7.05 Å². The van der Waals surface area contributed by atoms with Crippen LogP contribution in [0.25, 0.3) is 55.4 Å². The van der Waals surface area contributed by atoms with E-state index in [-0.39, 0.29) is 0 Å². The lowest BCUT2D eigenvalue weighted by Gasteiger charge is -2.35. The zero-order valence-electron chi connectivity index (χ0n) is 34.0. The van der Waals surface area contributed by atoms with E-state index in [0.29, 0.717) is 32.8 Å². The van der Waals surface area contributed by atoms with Gasteiger partial charge in [0, 0.05) is 126 Å². The van der Waals surface area contributed by atoms with Crippen LogP contribution in [-0.2, 0) is 17.1 Å². The second kappa shape index (κ2) is 16.1. The van der Waals surface area contributed by atoms with Gasteiger partial charge >= 0.3 is 0 Å². The fourth-order valence-electron chi connectivity index (χ4n) is 8.25. The highest BCUT2D eigenvalue weighted by Crippen LogP contribution is 2.34. The minimum Gasteiger partial charge on any atom is -0.491 e. The second-order valence-corrected chi connectivity index (χ2v) is 17.5. The largest absolute Gasteiger partial charge is 0.491 e. The van der Waals surface area contributed by atoms with Gasteiger partial charge in [0.15, 0.2) is 0 Å². The summed E-state index contributed by atoms with van der Waals surface area (Å²) in [5.41, 5.74) is 7.87. The molecule has 8 aromatic rings. The topological polar surface area (TPSA) is 148 Å². The number of benzene rings is 2. The van der Waals surface area contributed by atoms with Gasteiger partial charge in [-0.05, 0) is 47.5 Å². The minimum absolute atomic E-state index is 0.422. The number of ether oxygens (including phenoxy) is 1. The number of sulfonamides is 1. The minimum atomic E-state index is -3.23. The second-order valence-electron chi connectivity index (χ2n) is 15.5. The van der Waals surface area contributed by atoms with Crippen LogP contribution >= 0.6 is 0 Å². The molecule has 0 N–H and O–H groups in total. The van der Waals surface area contributed by atoms with Gasteiger partial charge in [-0.2, -0.15) is 19.6 Å². The summed E-state index contributed by atoms with van der Waals surface area (Å²) in [7, 11) is -1.31. The van der Waals surface area contributed by atoms with Crippen LogP contribution in [0.1, 0.15) is 0 Å². The molecule has 0 amide bonds. The molecule has 0 radical (unpaired) electrons. The molecule has 2 saturated heterocycles. The first-order chi connectivity index (χ1) is 29.7. The molecule has 2 aromatic carbocycles. The van der Waals surface area contributed by atoms with Crippen molar-refractivity contribution in [1.82, 2.24) is 53.5 Å². The number of anilines is 2. The number of hydrogen-bond donors (Lipinski definition) is 0. The zero-order chi connectivity index (χ0) is 41.5. The Morgan fingerprint density at radius 1 is 0.639 bits per heavy atom. The molecular formula is C44H45N13O3S. The van der Waals surface area contributed by atoms with Gasteiger partial charge in [-0.25, -0.2) is 27.7 Å². The molecule has 0 atom stereocenters. The molecule has 310 valence electrons. The molecule has 10 rings (SSSR count). The molecule has 17 heteroatoms. The quantitative estimate of drug-likeness (QED) is 0.175. The molecule has 2 aliphatic rings. The van der Waals surface area contributed by atoms with Gasteiger partial charge in [0.25, 0.3) is 0 Å². The molecule has 6 aromatic heterocycles. The normalized spacial score (nSPS) is 15.6. The summed E-state index contributed by atoms with van der Waals surface area (Å²) in [6.07, 6.45) is 16.2. The molecule has 2 aliphatic heterocycles. The van der Waals surface area contributed by atoms with Gasteiger partial charge in [-0.15, -0.1) is 0 Å². The van der Waals surface area contributed by atoms with Crippen LogP contribution in [0.4, 0.5) is 11.6 Å². The predicted molar refractivity (Wildman–Crippen MR) is 236 cm³/mol. The van der Waals surface area contributed by atoms with E-state index < -0.39 is 10.0 Å². The third kappa shape index (κ3) is 7.90. The Bertz CT molecular complexity index is 2950. The molecule has 0 unspecified atom stereocenters. The number of nitrogens with zero attached hydrogens (tertiary/aromatic N) is 13. The van der Waals surface area contributed by atoms with E-state index in [1.807, 2.05) is 88.6 Å². The summed E-state index contributed by atoms with van der Waals surface area (Å²) in [5, 5.41) is 15.9. The van der Waals surface area contributed by atoms with Crippen molar-refractivity contribution in [1.29, 1.82) is 0 Å². The Kier molecular flexibility index (Phi) is 10.1. The van der Waals surface area contributed by atoms with Gasteiger partial charge in [-0.1, -0.05) is 18.2 Å². The van der Waals surface area contributed by atoms with Crippen molar-refractivity contribution in [3.63, 3.8) is 0 Å². The molecule has 61 heavy (non-hydrogen) atoms. The first-order valence-electron chi connectivity index (χ1n) is 20.4. The van der Waals surface area contributed by atoms with Crippen LogP contribution < -0.4 is 14.5 Å². The van der Waals surface area contributed by atoms with Crippen LogP contribution in [0.15, 0.2) is 116 Å². The van der Waals surface area contributed by atoms with Gasteiger partial charge in [0.05, 0.1) is 52.6 Å².